The molecule has 1 aromatic carbocycles. The van der Waals surface area contributed by atoms with E-state index in [9.17, 15) is 0 Å². The molecule has 0 unspecified atom stereocenters. The smallest absolute Gasteiger partial charge is 0.358 e. The minimum absolute atomic E-state index is 0. The molecule has 1 rings (SSSR count). The maximum absolute atomic E-state index is 3.21. The summed E-state index contributed by atoms with van der Waals surface area (Å²) < 4.78 is 0. The van der Waals surface area contributed by atoms with Crippen LogP contribution in [0.25, 0.3) is 0 Å². The average Bonchev–Trinajstić information content (AvgIpc) is 1.88. The van der Waals surface area contributed by atoms with E-state index in [-0.39, 0.29) is 58.8 Å². The van der Waals surface area contributed by atoms with Crippen molar-refractivity contribution < 1.29 is 51.4 Å². The molecule has 0 heterocycles. The normalized spacial score (nSPS) is 8.67. The van der Waals surface area contributed by atoms with Gasteiger partial charge in [-0.1, -0.05) is 20.8 Å². The van der Waals surface area contributed by atoms with Crippen molar-refractivity contribution in [1.29, 1.82) is 0 Å². The Morgan fingerprint density at radius 2 is 1.92 bits per heavy atom. The van der Waals surface area contributed by atoms with Gasteiger partial charge in [0.25, 0.3) is 0 Å². The Bertz CT molecular complexity index is 216. The summed E-state index contributed by atoms with van der Waals surface area (Å²) in [5.41, 5.74) is 2.63. The Morgan fingerprint density at radius 3 is 2.25 bits per heavy atom. The molecule has 0 aliphatic rings. The maximum Gasteiger partial charge on any atom is 1.00 e. The largest absolute Gasteiger partial charge is 1.00 e. The first-order chi connectivity index (χ1) is 4.70. The Hall–Kier alpha value is 0.856. The topological polar surface area (TPSA) is 0 Å². The van der Waals surface area contributed by atoms with Crippen LogP contribution in [-0.4, -0.2) is 0 Å². The quantitative estimate of drug-likeness (QED) is 0.440. The van der Waals surface area contributed by atoms with E-state index in [1.54, 1.807) is 0 Å². The van der Waals surface area contributed by atoms with E-state index in [0.29, 0.717) is 5.92 Å². The monoisotopic (exact) mass is 187 g/mol. The first-order valence-electron chi connectivity index (χ1n) is 3.68. The van der Waals surface area contributed by atoms with Gasteiger partial charge in [-0.25, -0.2) is 0 Å². The van der Waals surface area contributed by atoms with Crippen molar-refractivity contribution in [3.63, 3.8) is 0 Å². The molecule has 0 aliphatic carbocycles. The van der Waals surface area contributed by atoms with E-state index in [2.05, 4.69) is 39.0 Å². The predicted molar refractivity (Wildman–Crippen MR) is 50.5 cm³/mol. The number of benzene rings is 1. The molecule has 0 amide bonds. The average molecular weight is 187 g/mol. The molecule has 0 bridgehead atoms. The van der Waals surface area contributed by atoms with Gasteiger partial charge in [0.05, 0.1) is 0 Å². The van der Waals surface area contributed by atoms with Crippen LogP contribution in [0.1, 0.15) is 30.9 Å². The molecule has 0 radical (unpaired) electrons. The van der Waals surface area contributed by atoms with Gasteiger partial charge in [0, 0.05) is 0 Å². The third kappa shape index (κ3) is 4.78. The van der Waals surface area contributed by atoms with E-state index in [1.807, 2.05) is 6.07 Å². The van der Waals surface area contributed by atoms with Crippen LogP contribution < -0.4 is 51.4 Å². The van der Waals surface area contributed by atoms with Crippen LogP contribution in [-0.2, 0) is 0 Å². The van der Waals surface area contributed by atoms with Crippen LogP contribution in [0, 0.1) is 20.4 Å². The van der Waals surface area contributed by atoms with Crippen LogP contribution >= 0.6 is 0 Å². The summed E-state index contributed by atoms with van der Waals surface area (Å²) in [6.45, 7) is 6.48. The van der Waals surface area contributed by atoms with Crippen molar-refractivity contribution in [1.82, 2.24) is 0 Å². The fraction of sp³-hybridized carbons (Fsp3) is 0.364. The first kappa shape index (κ1) is 15.3. The van der Waals surface area contributed by atoms with Gasteiger partial charge in [-0.05, 0) is 5.92 Å². The summed E-state index contributed by atoms with van der Waals surface area (Å²) in [6.07, 6.45) is 0. The van der Waals surface area contributed by atoms with Crippen molar-refractivity contribution in [2.24, 2.45) is 0 Å². The van der Waals surface area contributed by atoms with Crippen molar-refractivity contribution in [3.05, 3.63) is 42.8 Å². The van der Waals surface area contributed by atoms with Crippen LogP contribution in [0.4, 0.5) is 0 Å². The molecule has 0 spiro atoms. The van der Waals surface area contributed by atoms with Gasteiger partial charge in [0.15, 0.2) is 0 Å². The van der Waals surface area contributed by atoms with Crippen LogP contribution in [0.5, 0.6) is 0 Å². The molecule has 62 valence electrons. The number of hydrogen-bond donors (Lipinski definition) is 0. The first-order valence-corrected chi connectivity index (χ1v) is 3.68. The van der Waals surface area contributed by atoms with Crippen LogP contribution in [0.15, 0.2) is 18.2 Å². The molecule has 12 heavy (non-hydrogen) atoms. The Morgan fingerprint density at radius 1 is 1.33 bits per heavy atom. The van der Waals surface area contributed by atoms with E-state index in [4.69, 9.17) is 0 Å². The molecule has 0 atom stereocenters. The second-order valence-electron chi connectivity index (χ2n) is 2.98. The zero-order valence-electron chi connectivity index (χ0n) is 8.81. The van der Waals surface area contributed by atoms with Crippen molar-refractivity contribution in [2.75, 3.05) is 0 Å². The summed E-state index contributed by atoms with van der Waals surface area (Å²) >= 11 is 0. The fourth-order valence-electron chi connectivity index (χ4n) is 0.938. The molecular formula is C11H16K-. The summed E-state index contributed by atoms with van der Waals surface area (Å²) in [5.74, 6) is 0.597. The molecule has 1 aromatic rings. The number of aryl methyl sites for hydroxylation is 1. The van der Waals surface area contributed by atoms with E-state index in [0.717, 1.165) is 0 Å². The number of hydrogen-bond acceptors (Lipinski definition) is 0. The summed E-state index contributed by atoms with van der Waals surface area (Å²) in [6, 6.07) is 9.46. The third-order valence-electron chi connectivity index (χ3n) is 1.60. The van der Waals surface area contributed by atoms with E-state index >= 15 is 0 Å². The van der Waals surface area contributed by atoms with Crippen molar-refractivity contribution in [3.8, 4) is 0 Å². The summed E-state index contributed by atoms with van der Waals surface area (Å²) in [4.78, 5) is 0. The van der Waals surface area contributed by atoms with Gasteiger partial charge in [0.1, 0.15) is 0 Å². The van der Waals surface area contributed by atoms with Crippen molar-refractivity contribution in [2.45, 2.75) is 26.7 Å². The third-order valence-corrected chi connectivity index (χ3v) is 1.60. The number of rotatable bonds is 1. The zero-order chi connectivity index (χ0) is 7.56. The molecule has 1 heteroatoms. The van der Waals surface area contributed by atoms with Gasteiger partial charge in [-0.15, -0.1) is 0 Å². The zero-order valence-corrected chi connectivity index (χ0v) is 11.9. The summed E-state index contributed by atoms with van der Waals surface area (Å²) in [5, 5.41) is 0. The molecule has 0 fully saturated rings. The molecule has 0 saturated heterocycles. The Balaban J connectivity index is 0. The SMILES string of the molecule is Cc1cc[c-]c(C(C)C)c1.[CH3-].[K+]. The van der Waals surface area contributed by atoms with Gasteiger partial charge in [0.2, 0.25) is 0 Å². The van der Waals surface area contributed by atoms with Crippen molar-refractivity contribution >= 4 is 0 Å². The maximum atomic E-state index is 3.21. The van der Waals surface area contributed by atoms with Gasteiger partial charge >= 0.3 is 51.4 Å². The molecule has 0 nitrogen and oxygen atoms in total. The molecular weight excluding hydrogens is 171 g/mol. The van der Waals surface area contributed by atoms with Gasteiger partial charge < -0.3 is 7.43 Å². The summed E-state index contributed by atoms with van der Waals surface area (Å²) in [7, 11) is 0. The van der Waals surface area contributed by atoms with Crippen LogP contribution in [0.2, 0.25) is 0 Å². The molecule has 0 N–H and O–H groups in total. The second kappa shape index (κ2) is 7.28. The molecule has 0 aromatic heterocycles. The predicted octanol–water partition coefficient (Wildman–Crippen LogP) is 0.373. The minimum atomic E-state index is 0. The second-order valence-corrected chi connectivity index (χ2v) is 2.98. The molecule has 0 saturated carbocycles. The van der Waals surface area contributed by atoms with Crippen LogP contribution in [0.3, 0.4) is 0 Å². The molecule has 0 aliphatic heterocycles. The fourth-order valence-corrected chi connectivity index (χ4v) is 0.938. The van der Waals surface area contributed by atoms with Gasteiger partial charge in [-0.2, -0.15) is 35.4 Å². The minimum Gasteiger partial charge on any atom is -0.358 e. The van der Waals surface area contributed by atoms with E-state index < -0.39 is 0 Å². The standard InChI is InChI=1S/C10H13.CH3.K/c1-8(2)10-6-4-5-9(3)7-10;;/h4-5,7-8H,1-3H3;1H3;/q2*-1;+1. The van der Waals surface area contributed by atoms with Gasteiger partial charge in [-0.3, -0.25) is 0 Å². The van der Waals surface area contributed by atoms with E-state index in [1.165, 1.54) is 11.1 Å². The Labute approximate surface area is 119 Å². The Kier molecular flexibility index (Phi) is 9.30.